The third-order valence-corrected chi connectivity index (χ3v) is 3.45. The van der Waals surface area contributed by atoms with Crippen LogP contribution in [0.25, 0.3) is 0 Å². The molecule has 0 saturated heterocycles. The number of carboxylic acids is 1. The number of carboxylic acid groups (broad SMARTS) is 1. The highest BCUT2D eigenvalue weighted by molar-refractivity contribution is 5.86. The average Bonchev–Trinajstić information content (AvgIpc) is 2.68. The largest absolute Gasteiger partial charge is 0.476 e. The van der Waals surface area contributed by atoms with Crippen LogP contribution in [0.1, 0.15) is 43.7 Å². The Morgan fingerprint density at radius 1 is 1.45 bits per heavy atom. The topological polar surface area (TPSA) is 67.2 Å². The van der Waals surface area contributed by atoms with Gasteiger partial charge in [-0.1, -0.05) is 20.8 Å². The number of halogens is 3. The van der Waals surface area contributed by atoms with Gasteiger partial charge in [-0.3, -0.25) is 0 Å². The van der Waals surface area contributed by atoms with Crippen molar-refractivity contribution in [2.75, 3.05) is 5.32 Å². The van der Waals surface area contributed by atoms with Gasteiger partial charge in [0.1, 0.15) is 5.82 Å². The second-order valence-corrected chi connectivity index (χ2v) is 6.02. The van der Waals surface area contributed by atoms with Crippen LogP contribution in [-0.2, 0) is 0 Å². The Morgan fingerprint density at radius 2 is 2.05 bits per heavy atom. The maximum absolute atomic E-state index is 13.2. The second-order valence-electron chi connectivity index (χ2n) is 6.02. The third kappa shape index (κ3) is 2.59. The molecule has 0 saturated carbocycles. The standard InChI is InChI=1S/C12H16F3N3O2/c1-11(2,3)7-5-8(12(13,14)15)18-9(16-7)4-6(17-18)10(19)20/h4,7-8,16H,5H2,1-3H3,(H,19,20). The van der Waals surface area contributed by atoms with Crippen LogP contribution in [0.2, 0.25) is 0 Å². The molecular formula is C12H16F3N3O2. The van der Waals surface area contributed by atoms with E-state index in [-0.39, 0.29) is 17.7 Å². The summed E-state index contributed by atoms with van der Waals surface area (Å²) < 4.78 is 40.2. The van der Waals surface area contributed by atoms with E-state index in [0.717, 1.165) is 10.7 Å². The van der Waals surface area contributed by atoms with Crippen LogP contribution >= 0.6 is 0 Å². The molecule has 1 aromatic heterocycles. The number of nitrogens with one attached hydrogen (secondary N) is 1. The van der Waals surface area contributed by atoms with E-state index in [1.807, 2.05) is 20.8 Å². The average molecular weight is 291 g/mol. The van der Waals surface area contributed by atoms with Gasteiger partial charge in [-0.05, 0) is 11.8 Å². The van der Waals surface area contributed by atoms with E-state index >= 15 is 0 Å². The Hall–Kier alpha value is -1.73. The molecule has 2 atom stereocenters. The summed E-state index contributed by atoms with van der Waals surface area (Å²) in [4.78, 5) is 10.9. The van der Waals surface area contributed by atoms with Gasteiger partial charge in [0.15, 0.2) is 11.7 Å². The fourth-order valence-electron chi connectivity index (χ4n) is 2.25. The third-order valence-electron chi connectivity index (χ3n) is 3.45. The molecule has 0 spiro atoms. The summed E-state index contributed by atoms with van der Waals surface area (Å²) in [7, 11) is 0. The minimum absolute atomic E-state index is 0.0934. The van der Waals surface area contributed by atoms with Gasteiger partial charge in [0.25, 0.3) is 0 Å². The van der Waals surface area contributed by atoms with Gasteiger partial charge in [0.05, 0.1) is 0 Å². The van der Waals surface area contributed by atoms with E-state index in [4.69, 9.17) is 5.11 Å². The number of rotatable bonds is 1. The number of alkyl halides is 3. The van der Waals surface area contributed by atoms with Gasteiger partial charge >= 0.3 is 12.1 Å². The first-order chi connectivity index (χ1) is 9.00. The zero-order chi connectivity index (χ0) is 15.3. The van der Waals surface area contributed by atoms with Gasteiger partial charge < -0.3 is 10.4 Å². The molecular weight excluding hydrogens is 275 g/mol. The van der Waals surface area contributed by atoms with Crippen molar-refractivity contribution in [2.24, 2.45) is 5.41 Å². The minimum atomic E-state index is -4.47. The smallest absolute Gasteiger partial charge is 0.410 e. The number of fused-ring (bicyclic) bond motifs is 1. The van der Waals surface area contributed by atoms with Crippen molar-refractivity contribution in [1.29, 1.82) is 0 Å². The molecule has 20 heavy (non-hydrogen) atoms. The summed E-state index contributed by atoms with van der Waals surface area (Å²) in [5.41, 5.74) is -0.779. The monoisotopic (exact) mass is 291 g/mol. The first kappa shape index (κ1) is 14.7. The first-order valence-electron chi connectivity index (χ1n) is 6.16. The summed E-state index contributed by atoms with van der Waals surface area (Å²) in [6.07, 6.45) is -4.65. The number of hydrogen-bond acceptors (Lipinski definition) is 3. The van der Waals surface area contributed by atoms with E-state index < -0.39 is 29.9 Å². The molecule has 2 unspecified atom stereocenters. The Labute approximate surface area is 113 Å². The molecule has 0 amide bonds. The highest BCUT2D eigenvalue weighted by Gasteiger charge is 2.48. The fraction of sp³-hybridized carbons (Fsp3) is 0.667. The van der Waals surface area contributed by atoms with Crippen molar-refractivity contribution < 1.29 is 23.1 Å². The van der Waals surface area contributed by atoms with Crippen LogP contribution in [0, 0.1) is 5.41 Å². The highest BCUT2D eigenvalue weighted by atomic mass is 19.4. The Bertz CT molecular complexity index is 531. The summed E-state index contributed by atoms with van der Waals surface area (Å²) in [5.74, 6) is -1.25. The van der Waals surface area contributed by atoms with Crippen LogP contribution in [-0.4, -0.2) is 33.1 Å². The molecule has 5 nitrogen and oxygen atoms in total. The highest BCUT2D eigenvalue weighted by Crippen LogP contribution is 2.42. The molecule has 0 radical (unpaired) electrons. The van der Waals surface area contributed by atoms with E-state index in [2.05, 4.69) is 10.4 Å². The lowest BCUT2D eigenvalue weighted by Gasteiger charge is -2.39. The van der Waals surface area contributed by atoms with E-state index in [1.165, 1.54) is 0 Å². The maximum atomic E-state index is 13.2. The van der Waals surface area contributed by atoms with Gasteiger partial charge in [0.2, 0.25) is 0 Å². The summed E-state index contributed by atoms with van der Waals surface area (Å²) in [6.45, 7) is 5.51. The van der Waals surface area contributed by atoms with Gasteiger partial charge in [-0.2, -0.15) is 18.3 Å². The number of nitrogens with zero attached hydrogens (tertiary/aromatic N) is 2. The van der Waals surface area contributed by atoms with Crippen LogP contribution < -0.4 is 5.32 Å². The first-order valence-corrected chi connectivity index (χ1v) is 6.16. The number of anilines is 1. The van der Waals surface area contributed by atoms with E-state index in [1.54, 1.807) is 0 Å². The predicted octanol–water partition coefficient (Wildman–Crippen LogP) is 2.92. The van der Waals surface area contributed by atoms with Crippen LogP contribution in [0.5, 0.6) is 0 Å². The molecule has 1 aliphatic heterocycles. The molecule has 0 aromatic carbocycles. The van der Waals surface area contributed by atoms with Crippen molar-refractivity contribution in [3.05, 3.63) is 11.8 Å². The second kappa shape index (κ2) is 4.39. The van der Waals surface area contributed by atoms with Crippen molar-refractivity contribution in [2.45, 2.75) is 45.5 Å². The molecule has 2 N–H and O–H groups in total. The van der Waals surface area contributed by atoms with E-state index in [9.17, 15) is 18.0 Å². The lowest BCUT2D eigenvalue weighted by molar-refractivity contribution is -0.175. The molecule has 0 fully saturated rings. The van der Waals surface area contributed by atoms with Gasteiger partial charge in [-0.25, -0.2) is 9.48 Å². The number of aromatic nitrogens is 2. The molecule has 8 heteroatoms. The minimum Gasteiger partial charge on any atom is -0.476 e. The Morgan fingerprint density at radius 3 is 2.50 bits per heavy atom. The maximum Gasteiger partial charge on any atom is 0.410 e. The van der Waals surface area contributed by atoms with Crippen molar-refractivity contribution >= 4 is 11.8 Å². The lowest BCUT2D eigenvalue weighted by atomic mass is 9.82. The Balaban J connectivity index is 2.47. The zero-order valence-electron chi connectivity index (χ0n) is 11.3. The number of aromatic carboxylic acids is 1. The van der Waals surface area contributed by atoms with Crippen LogP contribution in [0.15, 0.2) is 6.07 Å². The van der Waals surface area contributed by atoms with Crippen molar-refractivity contribution in [1.82, 2.24) is 9.78 Å². The van der Waals surface area contributed by atoms with Crippen LogP contribution in [0.4, 0.5) is 19.0 Å². The number of carbonyl (C=O) groups is 1. The van der Waals surface area contributed by atoms with Gasteiger partial charge in [-0.15, -0.1) is 0 Å². The molecule has 0 aliphatic carbocycles. The normalized spacial score (nSPS) is 23.1. The molecule has 2 rings (SSSR count). The van der Waals surface area contributed by atoms with Crippen molar-refractivity contribution in [3.8, 4) is 0 Å². The van der Waals surface area contributed by atoms with Crippen LogP contribution in [0.3, 0.4) is 0 Å². The quantitative estimate of drug-likeness (QED) is 0.835. The molecule has 1 aromatic rings. The SMILES string of the molecule is CC(C)(C)C1CC(C(F)(F)F)n2nc(C(=O)O)cc2N1. The summed E-state index contributed by atoms with van der Waals surface area (Å²) in [6, 6.07) is -1.09. The molecule has 0 bridgehead atoms. The molecule has 1 aliphatic rings. The summed E-state index contributed by atoms with van der Waals surface area (Å²) >= 11 is 0. The molecule has 2 heterocycles. The fourth-order valence-corrected chi connectivity index (χ4v) is 2.25. The lowest BCUT2D eigenvalue weighted by Crippen LogP contribution is -2.44. The van der Waals surface area contributed by atoms with Gasteiger partial charge in [0, 0.05) is 12.1 Å². The predicted molar refractivity (Wildman–Crippen MR) is 65.8 cm³/mol. The molecule has 112 valence electrons. The van der Waals surface area contributed by atoms with E-state index in [0.29, 0.717) is 0 Å². The van der Waals surface area contributed by atoms with Crippen molar-refractivity contribution in [3.63, 3.8) is 0 Å². The Kier molecular flexibility index (Phi) is 3.22. The summed E-state index contributed by atoms with van der Waals surface area (Å²) in [5, 5.41) is 15.4. The number of hydrogen-bond donors (Lipinski definition) is 2. The zero-order valence-corrected chi connectivity index (χ0v) is 11.3.